The number of hydrogen-bond donors (Lipinski definition) is 2. The van der Waals surface area contributed by atoms with E-state index in [-0.39, 0.29) is 10.7 Å². The Bertz CT molecular complexity index is 649. The Kier molecular flexibility index (Phi) is 4.49. The van der Waals surface area contributed by atoms with Gasteiger partial charge in [-0.15, -0.1) is 0 Å². The van der Waals surface area contributed by atoms with Crippen molar-refractivity contribution >= 4 is 63.1 Å². The summed E-state index contributed by atoms with van der Waals surface area (Å²) in [5.74, 6) is -0.409. The molecular weight excluding hydrogens is 400 g/mol. The maximum Gasteiger partial charge on any atom is 0.258 e. The minimum Gasteiger partial charge on any atom is -0.397 e. The highest BCUT2D eigenvalue weighted by molar-refractivity contribution is 14.1. The van der Waals surface area contributed by atoms with E-state index in [1.807, 2.05) is 6.07 Å². The van der Waals surface area contributed by atoms with Crippen molar-refractivity contribution in [1.29, 1.82) is 0 Å². The summed E-state index contributed by atoms with van der Waals surface area (Å²) in [5.41, 5.74) is 6.65. The summed E-state index contributed by atoms with van der Waals surface area (Å²) in [5, 5.41) is 3.21. The van der Waals surface area contributed by atoms with E-state index in [0.29, 0.717) is 16.4 Å². The molecule has 0 saturated heterocycles. The number of nitrogens with two attached hydrogens (primary N) is 1. The Morgan fingerprint density at radius 1 is 1.32 bits per heavy atom. The van der Waals surface area contributed by atoms with E-state index < -0.39 is 5.91 Å². The fraction of sp³-hybridized carbons (Fsp3) is 0. The highest BCUT2D eigenvalue weighted by Gasteiger charge is 2.13. The molecule has 0 aliphatic heterocycles. The molecule has 19 heavy (non-hydrogen) atoms. The first-order valence-electron chi connectivity index (χ1n) is 5.15. The van der Waals surface area contributed by atoms with Crippen LogP contribution in [0.15, 0.2) is 30.5 Å². The van der Waals surface area contributed by atoms with Crippen molar-refractivity contribution < 1.29 is 4.79 Å². The van der Waals surface area contributed by atoms with Crippen LogP contribution >= 0.6 is 45.8 Å². The molecule has 0 fully saturated rings. The highest BCUT2D eigenvalue weighted by atomic mass is 127. The smallest absolute Gasteiger partial charge is 0.258 e. The van der Waals surface area contributed by atoms with Gasteiger partial charge in [-0.1, -0.05) is 23.2 Å². The maximum atomic E-state index is 12.1. The van der Waals surface area contributed by atoms with Gasteiger partial charge in [0.05, 0.1) is 28.2 Å². The molecule has 0 aliphatic rings. The number of pyridine rings is 1. The van der Waals surface area contributed by atoms with Crippen LogP contribution in [0.3, 0.4) is 0 Å². The topological polar surface area (TPSA) is 68.0 Å². The number of anilines is 2. The molecule has 0 radical (unpaired) electrons. The molecule has 0 saturated carbocycles. The second kappa shape index (κ2) is 5.94. The van der Waals surface area contributed by atoms with E-state index in [1.165, 1.54) is 12.3 Å². The maximum absolute atomic E-state index is 12.1. The Morgan fingerprint density at radius 2 is 2.05 bits per heavy atom. The van der Waals surface area contributed by atoms with Crippen molar-refractivity contribution in [1.82, 2.24) is 4.98 Å². The number of rotatable bonds is 2. The lowest BCUT2D eigenvalue weighted by molar-refractivity contribution is 0.102. The molecule has 1 amide bonds. The van der Waals surface area contributed by atoms with Gasteiger partial charge < -0.3 is 11.1 Å². The lowest BCUT2D eigenvalue weighted by Gasteiger charge is -2.08. The predicted octanol–water partition coefficient (Wildman–Crippen LogP) is 3.83. The Labute approximate surface area is 133 Å². The zero-order valence-electron chi connectivity index (χ0n) is 9.45. The van der Waals surface area contributed by atoms with Crippen LogP contribution in [-0.2, 0) is 0 Å². The van der Waals surface area contributed by atoms with E-state index in [1.54, 1.807) is 12.1 Å². The number of aromatic nitrogens is 1. The van der Waals surface area contributed by atoms with Crippen molar-refractivity contribution in [3.63, 3.8) is 0 Å². The molecule has 1 aromatic heterocycles. The van der Waals surface area contributed by atoms with E-state index in [9.17, 15) is 4.79 Å². The molecule has 0 unspecified atom stereocenters. The van der Waals surface area contributed by atoms with Gasteiger partial charge in [-0.2, -0.15) is 0 Å². The third-order valence-corrected chi connectivity index (χ3v) is 3.57. The summed E-state index contributed by atoms with van der Waals surface area (Å²) in [6.07, 6.45) is 1.39. The van der Waals surface area contributed by atoms with Crippen molar-refractivity contribution in [2.24, 2.45) is 0 Å². The van der Waals surface area contributed by atoms with Gasteiger partial charge in [-0.25, -0.2) is 4.98 Å². The van der Waals surface area contributed by atoms with Crippen LogP contribution < -0.4 is 11.1 Å². The first-order chi connectivity index (χ1) is 8.97. The number of carbonyl (C=O) groups is 1. The van der Waals surface area contributed by atoms with Crippen LogP contribution in [-0.4, -0.2) is 10.9 Å². The van der Waals surface area contributed by atoms with Gasteiger partial charge in [0.15, 0.2) is 0 Å². The molecule has 0 aliphatic carbocycles. The zero-order chi connectivity index (χ0) is 14.0. The van der Waals surface area contributed by atoms with Crippen molar-refractivity contribution in [2.75, 3.05) is 11.1 Å². The van der Waals surface area contributed by atoms with Gasteiger partial charge in [0.1, 0.15) is 5.15 Å². The zero-order valence-corrected chi connectivity index (χ0v) is 13.1. The van der Waals surface area contributed by atoms with Crippen LogP contribution in [0.1, 0.15) is 10.4 Å². The van der Waals surface area contributed by atoms with E-state index in [4.69, 9.17) is 28.9 Å². The summed E-state index contributed by atoms with van der Waals surface area (Å²) in [7, 11) is 0. The van der Waals surface area contributed by atoms with Crippen LogP contribution in [0.5, 0.6) is 0 Å². The number of nitrogen functional groups attached to an aromatic ring is 1. The molecule has 1 heterocycles. The molecule has 4 nitrogen and oxygen atoms in total. The molecule has 7 heteroatoms. The highest BCUT2D eigenvalue weighted by Crippen LogP contribution is 2.25. The van der Waals surface area contributed by atoms with E-state index in [0.717, 1.165) is 3.57 Å². The minimum absolute atomic E-state index is 0.0911. The number of nitrogens with zero attached hydrogens (tertiary/aromatic N) is 1. The van der Waals surface area contributed by atoms with Gasteiger partial charge >= 0.3 is 0 Å². The van der Waals surface area contributed by atoms with Crippen molar-refractivity contribution in [2.45, 2.75) is 0 Å². The van der Waals surface area contributed by atoms with E-state index in [2.05, 4.69) is 32.9 Å². The number of benzene rings is 1. The van der Waals surface area contributed by atoms with Gasteiger partial charge in [-0.3, -0.25) is 4.79 Å². The normalized spacial score (nSPS) is 10.3. The number of hydrogen-bond acceptors (Lipinski definition) is 3. The summed E-state index contributed by atoms with van der Waals surface area (Å²) in [4.78, 5) is 15.9. The Balaban J connectivity index is 2.28. The Morgan fingerprint density at radius 3 is 2.74 bits per heavy atom. The second-order valence-corrected chi connectivity index (χ2v) is 5.70. The molecule has 0 spiro atoms. The SMILES string of the molecule is Nc1cnc(Cl)c(C(=O)Nc2ccc(I)cc2Cl)c1. The lowest BCUT2D eigenvalue weighted by Crippen LogP contribution is -2.13. The second-order valence-electron chi connectivity index (χ2n) is 3.69. The van der Waals surface area contributed by atoms with E-state index >= 15 is 0 Å². The van der Waals surface area contributed by atoms with Crippen LogP contribution in [0, 0.1) is 3.57 Å². The van der Waals surface area contributed by atoms with Crippen molar-refractivity contribution in [3.05, 3.63) is 49.8 Å². The molecule has 3 N–H and O–H groups in total. The fourth-order valence-corrected chi connectivity index (χ4v) is 2.50. The molecule has 2 rings (SSSR count). The number of amides is 1. The molecule has 98 valence electrons. The average molecular weight is 408 g/mol. The third kappa shape index (κ3) is 3.49. The van der Waals surface area contributed by atoms with Gasteiger partial charge in [0.2, 0.25) is 0 Å². The van der Waals surface area contributed by atoms with Gasteiger partial charge in [-0.05, 0) is 46.9 Å². The van der Waals surface area contributed by atoms with Crippen LogP contribution in [0.2, 0.25) is 10.2 Å². The molecule has 0 atom stereocenters. The van der Waals surface area contributed by atoms with Gasteiger partial charge in [0.25, 0.3) is 5.91 Å². The number of nitrogens with one attached hydrogen (secondary N) is 1. The first-order valence-corrected chi connectivity index (χ1v) is 6.98. The molecular formula is C12H8Cl2IN3O. The summed E-state index contributed by atoms with van der Waals surface area (Å²) in [6, 6.07) is 6.76. The molecule has 0 bridgehead atoms. The quantitative estimate of drug-likeness (QED) is 0.587. The fourth-order valence-electron chi connectivity index (χ4n) is 1.40. The van der Waals surface area contributed by atoms with Gasteiger partial charge in [0, 0.05) is 3.57 Å². The first kappa shape index (κ1) is 14.4. The molecule has 1 aromatic carbocycles. The number of halogens is 3. The minimum atomic E-state index is -0.409. The molecule has 2 aromatic rings. The largest absolute Gasteiger partial charge is 0.397 e. The lowest BCUT2D eigenvalue weighted by atomic mass is 10.2. The monoisotopic (exact) mass is 407 g/mol. The Hall–Kier alpha value is -1.05. The summed E-state index contributed by atoms with van der Waals surface area (Å²) in [6.45, 7) is 0. The average Bonchev–Trinajstić information content (AvgIpc) is 2.35. The number of carbonyl (C=O) groups excluding carboxylic acids is 1. The van der Waals surface area contributed by atoms with Crippen LogP contribution in [0.4, 0.5) is 11.4 Å². The standard InChI is InChI=1S/C12H8Cl2IN3O/c13-9-3-6(15)1-2-10(9)18-12(19)8-4-7(16)5-17-11(8)14/h1-5H,16H2,(H,18,19). The van der Waals surface area contributed by atoms with Crippen molar-refractivity contribution in [3.8, 4) is 0 Å². The predicted molar refractivity (Wildman–Crippen MR) is 85.8 cm³/mol. The third-order valence-electron chi connectivity index (χ3n) is 2.28. The summed E-state index contributed by atoms with van der Waals surface area (Å²) >= 11 is 14.0. The summed E-state index contributed by atoms with van der Waals surface area (Å²) < 4.78 is 0.976. The van der Waals surface area contributed by atoms with Crippen LogP contribution in [0.25, 0.3) is 0 Å².